The van der Waals surface area contributed by atoms with Crippen LogP contribution < -0.4 is 5.32 Å². The summed E-state index contributed by atoms with van der Waals surface area (Å²) in [6.07, 6.45) is 5.51. The van der Waals surface area contributed by atoms with E-state index in [0.29, 0.717) is 0 Å². The molecule has 0 unspecified atom stereocenters. The molecule has 3 nitrogen and oxygen atoms in total. The zero-order valence-corrected chi connectivity index (χ0v) is 12.2. The van der Waals surface area contributed by atoms with Gasteiger partial charge in [0.25, 0.3) is 0 Å². The average molecular weight is 267 g/mol. The van der Waals surface area contributed by atoms with Gasteiger partial charge in [0.2, 0.25) is 0 Å². The standard InChI is InChI=1S/C17H21N3/c1-12-7-9-13(10-8-12)11-16-19-15-6-4-3-5-14(15)17(18-2)20-16/h7-10H,3-6,11H2,1-2H3,(H,18,19,20). The fourth-order valence-corrected chi connectivity index (χ4v) is 2.82. The molecule has 1 aliphatic rings. The first-order valence-corrected chi connectivity index (χ1v) is 7.38. The molecule has 0 saturated carbocycles. The van der Waals surface area contributed by atoms with Crippen molar-refractivity contribution in [3.05, 3.63) is 52.5 Å². The van der Waals surface area contributed by atoms with Crippen LogP contribution in [-0.4, -0.2) is 17.0 Å². The average Bonchev–Trinajstić information content (AvgIpc) is 2.49. The van der Waals surface area contributed by atoms with Crippen molar-refractivity contribution >= 4 is 5.82 Å². The Morgan fingerprint density at radius 1 is 1.05 bits per heavy atom. The van der Waals surface area contributed by atoms with Crippen molar-refractivity contribution in [2.24, 2.45) is 0 Å². The quantitative estimate of drug-likeness (QED) is 0.927. The van der Waals surface area contributed by atoms with Crippen molar-refractivity contribution in [2.75, 3.05) is 12.4 Å². The van der Waals surface area contributed by atoms with E-state index in [-0.39, 0.29) is 0 Å². The highest BCUT2D eigenvalue weighted by Gasteiger charge is 2.17. The molecule has 3 rings (SSSR count). The second-order valence-corrected chi connectivity index (χ2v) is 5.53. The monoisotopic (exact) mass is 267 g/mol. The third-order valence-electron chi connectivity index (χ3n) is 3.95. The third kappa shape index (κ3) is 2.67. The first-order valence-electron chi connectivity index (χ1n) is 7.38. The number of hydrogen-bond donors (Lipinski definition) is 1. The summed E-state index contributed by atoms with van der Waals surface area (Å²) < 4.78 is 0. The van der Waals surface area contributed by atoms with Gasteiger partial charge in [0.1, 0.15) is 11.6 Å². The van der Waals surface area contributed by atoms with Crippen LogP contribution in [0.5, 0.6) is 0 Å². The molecule has 0 radical (unpaired) electrons. The highest BCUT2D eigenvalue weighted by molar-refractivity contribution is 5.47. The molecule has 104 valence electrons. The SMILES string of the molecule is CNc1nc(Cc2ccc(C)cc2)nc2c1CCCC2. The van der Waals surface area contributed by atoms with Crippen LogP contribution in [-0.2, 0) is 19.3 Å². The largest absolute Gasteiger partial charge is 0.373 e. The van der Waals surface area contributed by atoms with E-state index in [1.54, 1.807) is 0 Å². The lowest BCUT2D eigenvalue weighted by molar-refractivity contribution is 0.657. The van der Waals surface area contributed by atoms with E-state index in [1.165, 1.54) is 35.2 Å². The van der Waals surface area contributed by atoms with Gasteiger partial charge in [-0.3, -0.25) is 0 Å². The number of benzene rings is 1. The lowest BCUT2D eigenvalue weighted by Gasteiger charge is -2.18. The summed E-state index contributed by atoms with van der Waals surface area (Å²) in [6, 6.07) is 8.62. The van der Waals surface area contributed by atoms with Crippen LogP contribution in [0, 0.1) is 6.92 Å². The van der Waals surface area contributed by atoms with E-state index >= 15 is 0 Å². The molecule has 0 spiro atoms. The van der Waals surface area contributed by atoms with E-state index in [2.05, 4.69) is 36.5 Å². The Balaban J connectivity index is 1.91. The van der Waals surface area contributed by atoms with Crippen molar-refractivity contribution in [2.45, 2.75) is 39.0 Å². The maximum absolute atomic E-state index is 4.79. The van der Waals surface area contributed by atoms with Gasteiger partial charge in [-0.2, -0.15) is 0 Å². The Morgan fingerprint density at radius 2 is 1.80 bits per heavy atom. The van der Waals surface area contributed by atoms with Gasteiger partial charge in [-0.15, -0.1) is 0 Å². The van der Waals surface area contributed by atoms with Crippen molar-refractivity contribution in [1.29, 1.82) is 0 Å². The molecular formula is C17H21N3. The van der Waals surface area contributed by atoms with Crippen molar-refractivity contribution < 1.29 is 0 Å². The van der Waals surface area contributed by atoms with Crippen LogP contribution in [0.25, 0.3) is 0 Å². The molecule has 2 aromatic rings. The number of aryl methyl sites for hydroxylation is 2. The second kappa shape index (κ2) is 5.61. The molecule has 1 aromatic heterocycles. The summed E-state index contributed by atoms with van der Waals surface area (Å²) in [5, 5.41) is 3.24. The molecule has 1 aliphatic carbocycles. The Kier molecular flexibility index (Phi) is 3.68. The van der Waals surface area contributed by atoms with Gasteiger partial charge in [-0.25, -0.2) is 9.97 Å². The molecule has 3 heteroatoms. The summed E-state index contributed by atoms with van der Waals surface area (Å²) in [5.74, 6) is 1.95. The van der Waals surface area contributed by atoms with Gasteiger partial charge in [-0.1, -0.05) is 29.8 Å². The van der Waals surface area contributed by atoms with Gasteiger partial charge < -0.3 is 5.32 Å². The molecule has 0 bridgehead atoms. The van der Waals surface area contributed by atoms with E-state index in [9.17, 15) is 0 Å². The second-order valence-electron chi connectivity index (χ2n) is 5.53. The number of nitrogens with one attached hydrogen (secondary N) is 1. The van der Waals surface area contributed by atoms with Gasteiger partial charge in [0, 0.05) is 24.7 Å². The number of anilines is 1. The molecule has 1 N–H and O–H groups in total. The summed E-state index contributed by atoms with van der Waals surface area (Å²) >= 11 is 0. The van der Waals surface area contributed by atoms with Crippen LogP contribution in [0.2, 0.25) is 0 Å². The smallest absolute Gasteiger partial charge is 0.135 e. The van der Waals surface area contributed by atoms with Crippen LogP contribution >= 0.6 is 0 Å². The molecule has 0 fully saturated rings. The fourth-order valence-electron chi connectivity index (χ4n) is 2.82. The zero-order chi connectivity index (χ0) is 13.9. The predicted octanol–water partition coefficient (Wildman–Crippen LogP) is 3.30. The number of nitrogens with zero attached hydrogens (tertiary/aromatic N) is 2. The lowest BCUT2D eigenvalue weighted by atomic mass is 9.96. The molecular weight excluding hydrogens is 246 g/mol. The molecule has 1 heterocycles. The van der Waals surface area contributed by atoms with E-state index in [4.69, 9.17) is 9.97 Å². The number of rotatable bonds is 3. The highest BCUT2D eigenvalue weighted by atomic mass is 15.0. The van der Waals surface area contributed by atoms with Crippen LogP contribution in [0.4, 0.5) is 5.82 Å². The minimum absolute atomic E-state index is 0.808. The molecule has 1 aromatic carbocycles. The Morgan fingerprint density at radius 3 is 2.55 bits per heavy atom. The van der Waals surface area contributed by atoms with Gasteiger partial charge in [-0.05, 0) is 38.2 Å². The Labute approximate surface area is 120 Å². The fraction of sp³-hybridized carbons (Fsp3) is 0.412. The minimum atomic E-state index is 0.808. The van der Waals surface area contributed by atoms with Crippen molar-refractivity contribution in [3.8, 4) is 0 Å². The summed E-state index contributed by atoms with van der Waals surface area (Å²) in [4.78, 5) is 9.49. The molecule has 0 atom stereocenters. The predicted molar refractivity (Wildman–Crippen MR) is 82.2 cm³/mol. The van der Waals surface area contributed by atoms with E-state index < -0.39 is 0 Å². The molecule has 0 amide bonds. The first kappa shape index (κ1) is 13.1. The Bertz CT molecular complexity index is 585. The lowest BCUT2D eigenvalue weighted by Crippen LogP contribution is -2.13. The maximum atomic E-state index is 4.79. The number of aromatic nitrogens is 2. The van der Waals surface area contributed by atoms with Gasteiger partial charge in [0.15, 0.2) is 0 Å². The summed E-state index contributed by atoms with van der Waals surface area (Å²) in [7, 11) is 1.95. The normalized spacial score (nSPS) is 13.9. The van der Waals surface area contributed by atoms with E-state index in [0.717, 1.165) is 30.9 Å². The zero-order valence-electron chi connectivity index (χ0n) is 12.2. The molecule has 0 saturated heterocycles. The summed E-state index contributed by atoms with van der Waals surface area (Å²) in [5.41, 5.74) is 5.13. The van der Waals surface area contributed by atoms with Gasteiger partial charge in [0.05, 0.1) is 0 Å². The maximum Gasteiger partial charge on any atom is 0.135 e. The van der Waals surface area contributed by atoms with Crippen molar-refractivity contribution in [1.82, 2.24) is 9.97 Å². The summed E-state index contributed by atoms with van der Waals surface area (Å²) in [6.45, 7) is 2.11. The first-order chi connectivity index (χ1) is 9.76. The number of fused-ring (bicyclic) bond motifs is 1. The van der Waals surface area contributed by atoms with E-state index in [1.807, 2.05) is 7.05 Å². The van der Waals surface area contributed by atoms with Crippen LogP contribution in [0.1, 0.15) is 41.1 Å². The molecule has 20 heavy (non-hydrogen) atoms. The minimum Gasteiger partial charge on any atom is -0.373 e. The highest BCUT2D eigenvalue weighted by Crippen LogP contribution is 2.25. The topological polar surface area (TPSA) is 37.8 Å². The van der Waals surface area contributed by atoms with Gasteiger partial charge >= 0.3 is 0 Å². The third-order valence-corrected chi connectivity index (χ3v) is 3.95. The van der Waals surface area contributed by atoms with Crippen LogP contribution in [0.15, 0.2) is 24.3 Å². The van der Waals surface area contributed by atoms with Crippen LogP contribution in [0.3, 0.4) is 0 Å². The number of hydrogen-bond acceptors (Lipinski definition) is 3. The Hall–Kier alpha value is -1.90. The molecule has 0 aliphatic heterocycles. The van der Waals surface area contributed by atoms with Crippen molar-refractivity contribution in [3.63, 3.8) is 0 Å².